The van der Waals surface area contributed by atoms with Crippen molar-refractivity contribution in [3.63, 3.8) is 0 Å². The first-order valence-corrected chi connectivity index (χ1v) is 5.26. The summed E-state index contributed by atoms with van der Waals surface area (Å²) in [6.45, 7) is 0.499. The molecule has 0 aliphatic carbocycles. The highest BCUT2D eigenvalue weighted by molar-refractivity contribution is 5.82. The first-order valence-electron chi connectivity index (χ1n) is 5.26. The number of nitrogens with one attached hydrogen (secondary N) is 1. The summed E-state index contributed by atoms with van der Waals surface area (Å²) in [5, 5.41) is 7.24. The fourth-order valence-corrected chi connectivity index (χ4v) is 1.71. The average molecular weight is 243 g/mol. The van der Waals surface area contributed by atoms with Gasteiger partial charge >= 0.3 is 6.18 Å². The van der Waals surface area contributed by atoms with E-state index in [-0.39, 0.29) is 0 Å². The monoisotopic (exact) mass is 243 g/mol. The van der Waals surface area contributed by atoms with Crippen LogP contribution in [-0.2, 0) is 12.6 Å². The second-order valence-corrected chi connectivity index (χ2v) is 3.82. The Labute approximate surface area is 95.8 Å². The molecule has 0 saturated heterocycles. The van der Waals surface area contributed by atoms with Crippen LogP contribution in [0.4, 0.5) is 13.2 Å². The molecule has 0 bridgehead atoms. The van der Waals surface area contributed by atoms with Gasteiger partial charge in [-0.1, -0.05) is 0 Å². The normalized spacial score (nSPS) is 12.2. The SMILES string of the molecule is NCCCc1[nH]nc2ccc(C(F)(F)F)cc12. The van der Waals surface area contributed by atoms with Crippen LogP contribution in [0, 0.1) is 0 Å². The van der Waals surface area contributed by atoms with E-state index in [1.54, 1.807) is 0 Å². The number of hydrogen-bond donors (Lipinski definition) is 2. The molecule has 6 heteroatoms. The fraction of sp³-hybridized carbons (Fsp3) is 0.364. The van der Waals surface area contributed by atoms with Crippen molar-refractivity contribution in [3.8, 4) is 0 Å². The summed E-state index contributed by atoms with van der Waals surface area (Å²) in [5.41, 5.74) is 5.97. The van der Waals surface area contributed by atoms with E-state index < -0.39 is 11.7 Å². The lowest BCUT2D eigenvalue weighted by Crippen LogP contribution is -2.04. The van der Waals surface area contributed by atoms with Gasteiger partial charge in [0.05, 0.1) is 11.1 Å². The third-order valence-corrected chi connectivity index (χ3v) is 2.59. The minimum atomic E-state index is -4.32. The molecular formula is C11H12F3N3. The molecule has 2 rings (SSSR count). The summed E-state index contributed by atoms with van der Waals surface area (Å²) < 4.78 is 37.7. The molecule has 0 fully saturated rings. The number of hydrogen-bond acceptors (Lipinski definition) is 2. The van der Waals surface area contributed by atoms with E-state index in [2.05, 4.69) is 10.2 Å². The summed E-state index contributed by atoms with van der Waals surface area (Å²) >= 11 is 0. The van der Waals surface area contributed by atoms with E-state index in [0.717, 1.165) is 12.1 Å². The maximum Gasteiger partial charge on any atom is 0.416 e. The molecule has 1 heterocycles. The fourth-order valence-electron chi connectivity index (χ4n) is 1.71. The number of alkyl halides is 3. The molecule has 17 heavy (non-hydrogen) atoms. The van der Waals surface area contributed by atoms with Crippen molar-refractivity contribution in [2.75, 3.05) is 6.54 Å². The molecular weight excluding hydrogens is 231 g/mol. The number of aryl methyl sites for hydroxylation is 1. The van der Waals surface area contributed by atoms with Crippen LogP contribution >= 0.6 is 0 Å². The Hall–Kier alpha value is -1.56. The summed E-state index contributed by atoms with van der Waals surface area (Å²) in [5.74, 6) is 0. The van der Waals surface area contributed by atoms with E-state index in [0.29, 0.717) is 36.0 Å². The Kier molecular flexibility index (Phi) is 3.06. The van der Waals surface area contributed by atoms with Crippen LogP contribution < -0.4 is 5.73 Å². The van der Waals surface area contributed by atoms with Gasteiger partial charge in [0, 0.05) is 11.1 Å². The van der Waals surface area contributed by atoms with E-state index in [1.165, 1.54) is 6.07 Å². The Morgan fingerprint density at radius 3 is 2.71 bits per heavy atom. The van der Waals surface area contributed by atoms with Gasteiger partial charge in [-0.2, -0.15) is 18.3 Å². The first kappa shape index (κ1) is 11.9. The second-order valence-electron chi connectivity index (χ2n) is 3.82. The number of nitrogens with zero attached hydrogens (tertiary/aromatic N) is 1. The van der Waals surface area contributed by atoms with Crippen LogP contribution in [0.25, 0.3) is 10.9 Å². The molecule has 2 aromatic rings. The van der Waals surface area contributed by atoms with Crippen molar-refractivity contribution < 1.29 is 13.2 Å². The Morgan fingerprint density at radius 1 is 1.29 bits per heavy atom. The Morgan fingerprint density at radius 2 is 2.06 bits per heavy atom. The number of nitrogens with two attached hydrogens (primary N) is 1. The van der Waals surface area contributed by atoms with Crippen molar-refractivity contribution in [2.24, 2.45) is 5.73 Å². The van der Waals surface area contributed by atoms with Gasteiger partial charge in [-0.15, -0.1) is 0 Å². The predicted molar refractivity (Wildman–Crippen MR) is 58.5 cm³/mol. The quantitative estimate of drug-likeness (QED) is 0.870. The second kappa shape index (κ2) is 4.37. The smallest absolute Gasteiger partial charge is 0.330 e. The molecule has 0 unspecified atom stereocenters. The molecule has 0 saturated carbocycles. The van der Waals surface area contributed by atoms with Crippen molar-refractivity contribution >= 4 is 10.9 Å². The maximum atomic E-state index is 12.6. The summed E-state index contributed by atoms with van der Waals surface area (Å²) in [6, 6.07) is 3.54. The topological polar surface area (TPSA) is 54.7 Å². The lowest BCUT2D eigenvalue weighted by atomic mass is 10.1. The number of H-pyrrole nitrogens is 1. The van der Waals surface area contributed by atoms with Crippen molar-refractivity contribution in [1.29, 1.82) is 0 Å². The Balaban J connectivity index is 2.43. The first-order chi connectivity index (χ1) is 8.02. The summed E-state index contributed by atoms with van der Waals surface area (Å²) in [7, 11) is 0. The van der Waals surface area contributed by atoms with Gasteiger partial charge in [-0.05, 0) is 37.6 Å². The van der Waals surface area contributed by atoms with Crippen LogP contribution in [0.5, 0.6) is 0 Å². The number of aromatic nitrogens is 2. The van der Waals surface area contributed by atoms with E-state index in [1.807, 2.05) is 0 Å². The van der Waals surface area contributed by atoms with Gasteiger partial charge < -0.3 is 5.73 Å². The molecule has 1 aromatic carbocycles. The molecule has 0 spiro atoms. The molecule has 0 amide bonds. The molecule has 1 aromatic heterocycles. The predicted octanol–water partition coefficient (Wildman–Crippen LogP) is 2.47. The molecule has 92 valence electrons. The largest absolute Gasteiger partial charge is 0.416 e. The number of fused-ring (bicyclic) bond motifs is 1. The molecule has 0 aliphatic heterocycles. The van der Waals surface area contributed by atoms with E-state index >= 15 is 0 Å². The lowest BCUT2D eigenvalue weighted by molar-refractivity contribution is -0.137. The van der Waals surface area contributed by atoms with Crippen LogP contribution in [0.2, 0.25) is 0 Å². The third kappa shape index (κ3) is 2.41. The Bertz CT molecular complexity index is 516. The van der Waals surface area contributed by atoms with Gasteiger partial charge in [0.2, 0.25) is 0 Å². The van der Waals surface area contributed by atoms with Crippen LogP contribution in [-0.4, -0.2) is 16.7 Å². The zero-order chi connectivity index (χ0) is 12.5. The highest BCUT2D eigenvalue weighted by Gasteiger charge is 2.30. The highest BCUT2D eigenvalue weighted by atomic mass is 19.4. The van der Waals surface area contributed by atoms with E-state index in [9.17, 15) is 13.2 Å². The average Bonchev–Trinajstić information content (AvgIpc) is 2.67. The zero-order valence-corrected chi connectivity index (χ0v) is 9.01. The standard InChI is InChI=1S/C11H12F3N3/c12-11(13,14)7-3-4-10-8(6-7)9(16-17-10)2-1-5-15/h3-4,6H,1-2,5,15H2,(H,16,17). The number of aromatic amines is 1. The van der Waals surface area contributed by atoms with E-state index in [4.69, 9.17) is 5.73 Å². The highest BCUT2D eigenvalue weighted by Crippen LogP contribution is 2.31. The van der Waals surface area contributed by atoms with Crippen molar-refractivity contribution in [2.45, 2.75) is 19.0 Å². The molecule has 3 nitrogen and oxygen atoms in total. The third-order valence-electron chi connectivity index (χ3n) is 2.59. The summed E-state index contributed by atoms with van der Waals surface area (Å²) in [6.07, 6.45) is -3.00. The maximum absolute atomic E-state index is 12.6. The van der Waals surface area contributed by atoms with Crippen LogP contribution in [0.1, 0.15) is 17.7 Å². The number of benzene rings is 1. The number of rotatable bonds is 3. The van der Waals surface area contributed by atoms with Crippen LogP contribution in [0.3, 0.4) is 0 Å². The van der Waals surface area contributed by atoms with Crippen LogP contribution in [0.15, 0.2) is 18.2 Å². The van der Waals surface area contributed by atoms with Gasteiger partial charge in [0.15, 0.2) is 0 Å². The molecule has 3 N–H and O–H groups in total. The molecule has 0 atom stereocenters. The number of halogens is 3. The lowest BCUT2D eigenvalue weighted by Gasteiger charge is -2.06. The van der Waals surface area contributed by atoms with Gasteiger partial charge in [-0.25, -0.2) is 0 Å². The zero-order valence-electron chi connectivity index (χ0n) is 9.01. The van der Waals surface area contributed by atoms with Gasteiger partial charge in [-0.3, -0.25) is 5.10 Å². The summed E-state index contributed by atoms with van der Waals surface area (Å²) in [4.78, 5) is 0. The minimum Gasteiger partial charge on any atom is -0.330 e. The van der Waals surface area contributed by atoms with Crippen molar-refractivity contribution in [3.05, 3.63) is 29.5 Å². The van der Waals surface area contributed by atoms with Gasteiger partial charge in [0.1, 0.15) is 0 Å². The molecule has 0 aliphatic rings. The minimum absolute atomic E-state index is 0.499. The van der Waals surface area contributed by atoms with Gasteiger partial charge in [0.25, 0.3) is 0 Å². The molecule has 0 radical (unpaired) electrons. The van der Waals surface area contributed by atoms with Crippen molar-refractivity contribution in [1.82, 2.24) is 10.2 Å².